The number of hydrogen-bond donors (Lipinski definition) is 1. The van der Waals surface area contributed by atoms with E-state index < -0.39 is 24.3 Å². The van der Waals surface area contributed by atoms with E-state index in [2.05, 4.69) is 5.32 Å². The highest BCUT2D eigenvalue weighted by Gasteiger charge is 2.15. The molecule has 0 aliphatic heterocycles. The van der Waals surface area contributed by atoms with Crippen LogP contribution in [0.2, 0.25) is 5.02 Å². The first-order valence-corrected chi connectivity index (χ1v) is 7.46. The van der Waals surface area contributed by atoms with Crippen molar-refractivity contribution in [2.75, 3.05) is 26.1 Å². The lowest BCUT2D eigenvalue weighted by Gasteiger charge is -2.12. The van der Waals surface area contributed by atoms with E-state index in [0.29, 0.717) is 17.2 Å². The second-order valence-electron chi connectivity index (χ2n) is 4.81. The van der Waals surface area contributed by atoms with Gasteiger partial charge in [-0.05, 0) is 30.3 Å². The first-order valence-electron chi connectivity index (χ1n) is 7.08. The number of ether oxygens (including phenoxy) is 3. The van der Waals surface area contributed by atoms with Crippen molar-refractivity contribution in [2.24, 2.45) is 0 Å². The molecular formula is C17H15ClFNO5. The van der Waals surface area contributed by atoms with Crippen LogP contribution in [-0.4, -0.2) is 32.7 Å². The van der Waals surface area contributed by atoms with Crippen LogP contribution in [0.5, 0.6) is 11.5 Å². The maximum Gasteiger partial charge on any atom is 0.340 e. The zero-order valence-corrected chi connectivity index (χ0v) is 14.2. The predicted molar refractivity (Wildman–Crippen MR) is 89.9 cm³/mol. The highest BCUT2D eigenvalue weighted by Crippen LogP contribution is 2.28. The molecular weight excluding hydrogens is 353 g/mol. The average molecular weight is 368 g/mol. The van der Waals surface area contributed by atoms with Gasteiger partial charge in [-0.1, -0.05) is 11.6 Å². The minimum atomic E-state index is -0.835. The van der Waals surface area contributed by atoms with Crippen LogP contribution < -0.4 is 14.8 Å². The number of hydrogen-bond acceptors (Lipinski definition) is 5. The number of esters is 1. The Kier molecular flexibility index (Phi) is 6.19. The normalized spacial score (nSPS) is 10.1. The van der Waals surface area contributed by atoms with Gasteiger partial charge in [-0.2, -0.15) is 0 Å². The van der Waals surface area contributed by atoms with Crippen LogP contribution in [-0.2, 0) is 9.53 Å². The molecule has 132 valence electrons. The van der Waals surface area contributed by atoms with Gasteiger partial charge < -0.3 is 19.5 Å². The van der Waals surface area contributed by atoms with Crippen LogP contribution in [0.25, 0.3) is 0 Å². The molecule has 0 atom stereocenters. The summed E-state index contributed by atoms with van der Waals surface area (Å²) in [6.45, 7) is -0.549. The summed E-state index contributed by atoms with van der Waals surface area (Å²) >= 11 is 5.77. The molecule has 0 aromatic heterocycles. The number of amides is 1. The van der Waals surface area contributed by atoms with E-state index in [4.69, 9.17) is 25.8 Å². The molecule has 2 aromatic carbocycles. The van der Waals surface area contributed by atoms with Gasteiger partial charge >= 0.3 is 5.97 Å². The van der Waals surface area contributed by atoms with E-state index in [9.17, 15) is 14.0 Å². The fourth-order valence-electron chi connectivity index (χ4n) is 1.96. The quantitative estimate of drug-likeness (QED) is 0.793. The van der Waals surface area contributed by atoms with E-state index in [-0.39, 0.29) is 10.6 Å². The van der Waals surface area contributed by atoms with Crippen LogP contribution in [0.4, 0.5) is 10.1 Å². The van der Waals surface area contributed by atoms with E-state index in [0.717, 1.165) is 12.1 Å². The van der Waals surface area contributed by atoms with E-state index in [1.165, 1.54) is 20.3 Å². The monoisotopic (exact) mass is 367 g/mol. The first-order chi connectivity index (χ1) is 11.9. The largest absolute Gasteiger partial charge is 0.497 e. The molecule has 0 heterocycles. The number of benzene rings is 2. The zero-order valence-electron chi connectivity index (χ0n) is 13.5. The zero-order chi connectivity index (χ0) is 18.4. The van der Waals surface area contributed by atoms with Crippen molar-refractivity contribution >= 4 is 29.2 Å². The van der Waals surface area contributed by atoms with E-state index in [1.807, 2.05) is 0 Å². The van der Waals surface area contributed by atoms with Crippen LogP contribution >= 0.6 is 11.6 Å². The van der Waals surface area contributed by atoms with Gasteiger partial charge in [0.15, 0.2) is 6.61 Å². The molecule has 1 N–H and O–H groups in total. The molecule has 0 saturated heterocycles. The lowest BCUT2D eigenvalue weighted by Crippen LogP contribution is -2.21. The van der Waals surface area contributed by atoms with Crippen molar-refractivity contribution in [2.45, 2.75) is 0 Å². The minimum absolute atomic E-state index is 0.0326. The van der Waals surface area contributed by atoms with Crippen LogP contribution in [0.15, 0.2) is 36.4 Å². The highest BCUT2D eigenvalue weighted by atomic mass is 35.5. The number of rotatable bonds is 6. The second-order valence-corrected chi connectivity index (χ2v) is 5.22. The van der Waals surface area contributed by atoms with Crippen LogP contribution in [0.3, 0.4) is 0 Å². The Bertz CT molecular complexity index is 797. The minimum Gasteiger partial charge on any atom is -0.497 e. The van der Waals surface area contributed by atoms with E-state index >= 15 is 0 Å². The summed E-state index contributed by atoms with van der Waals surface area (Å²) in [7, 11) is 2.94. The third-order valence-electron chi connectivity index (χ3n) is 3.17. The molecule has 1 amide bonds. The smallest absolute Gasteiger partial charge is 0.340 e. The van der Waals surface area contributed by atoms with Gasteiger partial charge in [0.05, 0.1) is 30.5 Å². The van der Waals surface area contributed by atoms with Crippen molar-refractivity contribution in [3.8, 4) is 11.5 Å². The Morgan fingerprint density at radius 1 is 1.12 bits per heavy atom. The molecule has 0 saturated carbocycles. The lowest BCUT2D eigenvalue weighted by atomic mass is 10.2. The van der Waals surface area contributed by atoms with Crippen molar-refractivity contribution in [1.82, 2.24) is 0 Å². The van der Waals surface area contributed by atoms with Gasteiger partial charge in [0.25, 0.3) is 5.91 Å². The standard InChI is InChI=1S/C17H15ClFNO5/c1-23-11-4-6-15(24-2)14(8-11)20-16(21)9-25-17(22)12-5-3-10(19)7-13(12)18/h3-8H,9H2,1-2H3,(H,20,21). The summed E-state index contributed by atoms with van der Waals surface area (Å²) in [6.07, 6.45) is 0. The Morgan fingerprint density at radius 2 is 1.88 bits per heavy atom. The van der Waals surface area contributed by atoms with Gasteiger partial charge in [0.2, 0.25) is 0 Å². The van der Waals surface area contributed by atoms with Crippen molar-refractivity contribution in [1.29, 1.82) is 0 Å². The molecule has 2 aromatic rings. The summed E-state index contributed by atoms with van der Waals surface area (Å²) < 4.78 is 28.1. The number of nitrogens with one attached hydrogen (secondary N) is 1. The Balaban J connectivity index is 2.00. The van der Waals surface area contributed by atoms with Crippen molar-refractivity contribution < 1.29 is 28.2 Å². The van der Waals surface area contributed by atoms with Gasteiger partial charge in [-0.3, -0.25) is 4.79 Å². The van der Waals surface area contributed by atoms with Crippen LogP contribution in [0, 0.1) is 5.82 Å². The molecule has 0 fully saturated rings. The molecule has 0 unspecified atom stereocenters. The fourth-order valence-corrected chi connectivity index (χ4v) is 2.21. The van der Waals surface area contributed by atoms with Gasteiger partial charge in [-0.15, -0.1) is 0 Å². The fraction of sp³-hybridized carbons (Fsp3) is 0.176. The van der Waals surface area contributed by atoms with E-state index in [1.54, 1.807) is 18.2 Å². The SMILES string of the molecule is COc1ccc(OC)c(NC(=O)COC(=O)c2ccc(F)cc2Cl)c1. The van der Waals surface area contributed by atoms with Crippen molar-refractivity contribution in [3.63, 3.8) is 0 Å². The Hall–Kier alpha value is -2.80. The van der Waals surface area contributed by atoms with Gasteiger partial charge in [-0.25, -0.2) is 9.18 Å². The third-order valence-corrected chi connectivity index (χ3v) is 3.48. The second kappa shape index (κ2) is 8.34. The van der Waals surface area contributed by atoms with Gasteiger partial charge in [0, 0.05) is 6.07 Å². The number of carbonyl (C=O) groups is 2. The predicted octanol–water partition coefficient (Wildman–Crippen LogP) is 3.29. The molecule has 0 spiro atoms. The average Bonchev–Trinajstić information content (AvgIpc) is 2.59. The summed E-state index contributed by atoms with van der Waals surface area (Å²) in [5.41, 5.74) is 0.331. The molecule has 0 bridgehead atoms. The summed E-state index contributed by atoms with van der Waals surface area (Å²) in [5.74, 6) is -1.06. The first kappa shape index (κ1) is 18.5. The maximum atomic E-state index is 13.0. The number of anilines is 1. The molecule has 0 aliphatic rings. The topological polar surface area (TPSA) is 73.9 Å². The molecule has 25 heavy (non-hydrogen) atoms. The summed E-state index contributed by atoms with van der Waals surface area (Å²) in [4.78, 5) is 23.9. The number of carbonyl (C=O) groups excluding carboxylic acids is 2. The van der Waals surface area contributed by atoms with Crippen molar-refractivity contribution in [3.05, 3.63) is 52.8 Å². The maximum absolute atomic E-state index is 13.0. The summed E-state index contributed by atoms with van der Waals surface area (Å²) in [5, 5.41) is 2.46. The van der Waals surface area contributed by atoms with Gasteiger partial charge in [0.1, 0.15) is 17.3 Å². The molecule has 8 heteroatoms. The molecule has 6 nitrogen and oxygen atoms in total. The van der Waals surface area contributed by atoms with Crippen LogP contribution in [0.1, 0.15) is 10.4 Å². The summed E-state index contributed by atoms with van der Waals surface area (Å²) in [6, 6.07) is 8.10. The lowest BCUT2D eigenvalue weighted by molar-refractivity contribution is -0.119. The Morgan fingerprint density at radius 3 is 2.52 bits per heavy atom. The highest BCUT2D eigenvalue weighted by molar-refractivity contribution is 6.33. The number of methoxy groups -OCH3 is 2. The Labute approximate surface area is 148 Å². The molecule has 0 radical (unpaired) electrons. The third kappa shape index (κ3) is 4.84. The molecule has 2 rings (SSSR count). The molecule has 0 aliphatic carbocycles. The number of halogens is 2.